The molecule has 0 atom stereocenters. The van der Waals surface area contributed by atoms with Crippen LogP contribution in [-0.4, -0.2) is 24.5 Å². The fourth-order valence-electron chi connectivity index (χ4n) is 2.36. The molecule has 0 amide bonds. The van der Waals surface area contributed by atoms with E-state index in [-0.39, 0.29) is 24.0 Å². The Morgan fingerprint density at radius 1 is 1.19 bits per heavy atom. The lowest BCUT2D eigenvalue weighted by Crippen LogP contribution is -2.37. The van der Waals surface area contributed by atoms with Gasteiger partial charge in [0, 0.05) is 32.1 Å². The van der Waals surface area contributed by atoms with E-state index in [1.807, 2.05) is 12.1 Å². The molecule has 3 aromatic rings. The smallest absolute Gasteiger partial charge is 0.226 e. The van der Waals surface area contributed by atoms with Gasteiger partial charge in [0.1, 0.15) is 6.26 Å². The number of hydrogen-bond donors (Lipinski definition) is 2. The summed E-state index contributed by atoms with van der Waals surface area (Å²) < 4.78 is 5.59. The second-order valence-corrected chi connectivity index (χ2v) is 6.52. The SMILES string of the molecule is CN=C(NCCc1coc(-c2ccc(C)cc2)n1)NCc1ccsc1.I. The Labute approximate surface area is 175 Å². The number of nitrogens with one attached hydrogen (secondary N) is 2. The molecule has 2 heterocycles. The van der Waals surface area contributed by atoms with Crippen molar-refractivity contribution in [2.75, 3.05) is 13.6 Å². The van der Waals surface area contributed by atoms with E-state index in [0.717, 1.165) is 36.7 Å². The molecule has 26 heavy (non-hydrogen) atoms. The van der Waals surface area contributed by atoms with E-state index in [1.165, 1.54) is 11.1 Å². The molecule has 0 radical (unpaired) electrons. The molecule has 5 nitrogen and oxygen atoms in total. The first-order valence-corrected chi connectivity index (χ1v) is 9.16. The van der Waals surface area contributed by atoms with Crippen LogP contribution in [0.25, 0.3) is 11.5 Å². The highest BCUT2D eigenvalue weighted by molar-refractivity contribution is 14.0. The van der Waals surface area contributed by atoms with Crippen LogP contribution in [0, 0.1) is 6.92 Å². The Kier molecular flexibility index (Phi) is 8.11. The van der Waals surface area contributed by atoms with Crippen LogP contribution in [0.15, 0.2) is 56.8 Å². The zero-order valence-corrected chi connectivity index (χ0v) is 18.0. The van der Waals surface area contributed by atoms with Crippen molar-refractivity contribution >= 4 is 41.3 Å². The summed E-state index contributed by atoms with van der Waals surface area (Å²) in [5.74, 6) is 1.45. The molecule has 0 spiro atoms. The molecule has 0 fully saturated rings. The van der Waals surface area contributed by atoms with E-state index in [2.05, 4.69) is 56.5 Å². The molecule has 2 N–H and O–H groups in total. The second-order valence-electron chi connectivity index (χ2n) is 5.74. The first-order valence-electron chi connectivity index (χ1n) is 8.21. The highest BCUT2D eigenvalue weighted by Crippen LogP contribution is 2.19. The maximum atomic E-state index is 5.59. The van der Waals surface area contributed by atoms with Crippen LogP contribution in [0.4, 0.5) is 0 Å². The van der Waals surface area contributed by atoms with Gasteiger partial charge in [-0.25, -0.2) is 4.98 Å². The molecule has 0 bridgehead atoms. The molecule has 0 aliphatic heterocycles. The average Bonchev–Trinajstić information content (AvgIpc) is 3.30. The maximum Gasteiger partial charge on any atom is 0.226 e. The molecule has 0 aliphatic carbocycles. The third-order valence-corrected chi connectivity index (χ3v) is 4.52. The van der Waals surface area contributed by atoms with Gasteiger partial charge < -0.3 is 15.1 Å². The monoisotopic (exact) mass is 482 g/mol. The van der Waals surface area contributed by atoms with E-state index in [1.54, 1.807) is 24.6 Å². The topological polar surface area (TPSA) is 62.5 Å². The van der Waals surface area contributed by atoms with Gasteiger partial charge in [0.05, 0.1) is 5.69 Å². The van der Waals surface area contributed by atoms with Crippen molar-refractivity contribution in [1.29, 1.82) is 0 Å². The largest absolute Gasteiger partial charge is 0.444 e. The third-order valence-electron chi connectivity index (χ3n) is 3.79. The van der Waals surface area contributed by atoms with Gasteiger partial charge in [-0.3, -0.25) is 4.99 Å². The standard InChI is InChI=1S/C19H22N4OS.HI/c1-14-3-5-16(6-4-14)18-23-17(12-24-18)7-9-21-19(20-2)22-11-15-8-10-25-13-15;/h3-6,8,10,12-13H,7,9,11H2,1-2H3,(H2,20,21,22);1H. The Hall–Kier alpha value is -1.87. The number of aryl methyl sites for hydroxylation is 1. The first kappa shape index (κ1) is 20.4. The summed E-state index contributed by atoms with van der Waals surface area (Å²) in [4.78, 5) is 8.79. The van der Waals surface area contributed by atoms with Gasteiger partial charge in [-0.05, 0) is 41.4 Å². The van der Waals surface area contributed by atoms with E-state index in [0.29, 0.717) is 5.89 Å². The summed E-state index contributed by atoms with van der Waals surface area (Å²) in [7, 11) is 1.77. The Morgan fingerprint density at radius 2 is 2.00 bits per heavy atom. The van der Waals surface area contributed by atoms with Crippen LogP contribution in [0.2, 0.25) is 0 Å². The number of nitrogens with zero attached hydrogens (tertiary/aromatic N) is 2. The lowest BCUT2D eigenvalue weighted by Gasteiger charge is -2.10. The minimum atomic E-state index is 0. The fourth-order valence-corrected chi connectivity index (χ4v) is 3.03. The number of benzene rings is 1. The van der Waals surface area contributed by atoms with Gasteiger partial charge in [-0.1, -0.05) is 17.7 Å². The fraction of sp³-hybridized carbons (Fsp3) is 0.263. The molecular formula is C19H23IN4OS. The van der Waals surface area contributed by atoms with Crippen molar-refractivity contribution in [1.82, 2.24) is 15.6 Å². The van der Waals surface area contributed by atoms with Gasteiger partial charge in [0.25, 0.3) is 0 Å². The molecule has 2 aromatic heterocycles. The number of rotatable bonds is 6. The van der Waals surface area contributed by atoms with Crippen LogP contribution in [0.5, 0.6) is 0 Å². The van der Waals surface area contributed by atoms with E-state index in [4.69, 9.17) is 4.42 Å². The number of guanidine groups is 1. The minimum absolute atomic E-state index is 0. The molecule has 7 heteroatoms. The van der Waals surface area contributed by atoms with Crippen molar-refractivity contribution < 1.29 is 4.42 Å². The van der Waals surface area contributed by atoms with E-state index < -0.39 is 0 Å². The summed E-state index contributed by atoms with van der Waals surface area (Å²) in [6.45, 7) is 3.57. The molecule has 1 aromatic carbocycles. The number of aliphatic imine (C=N–C) groups is 1. The first-order chi connectivity index (χ1) is 12.2. The van der Waals surface area contributed by atoms with Gasteiger partial charge in [0.15, 0.2) is 5.96 Å². The molecule has 0 aliphatic rings. The molecule has 3 rings (SSSR count). The number of thiophene rings is 1. The van der Waals surface area contributed by atoms with Crippen LogP contribution in [0.3, 0.4) is 0 Å². The minimum Gasteiger partial charge on any atom is -0.444 e. The third kappa shape index (κ3) is 5.84. The highest BCUT2D eigenvalue weighted by Gasteiger charge is 2.07. The van der Waals surface area contributed by atoms with Gasteiger partial charge in [-0.2, -0.15) is 11.3 Å². The van der Waals surface area contributed by atoms with Crippen molar-refractivity contribution in [3.05, 3.63) is 64.2 Å². The van der Waals surface area contributed by atoms with Gasteiger partial charge >= 0.3 is 0 Å². The Balaban J connectivity index is 0.00000243. The molecule has 0 saturated carbocycles. The summed E-state index contributed by atoms with van der Waals surface area (Å²) in [6, 6.07) is 10.3. The van der Waals surface area contributed by atoms with Crippen LogP contribution in [-0.2, 0) is 13.0 Å². The number of hydrogen-bond acceptors (Lipinski definition) is 4. The molecule has 138 valence electrons. The number of oxazole rings is 1. The molecular weight excluding hydrogens is 459 g/mol. The van der Waals surface area contributed by atoms with Crippen LogP contribution < -0.4 is 10.6 Å². The van der Waals surface area contributed by atoms with Crippen molar-refractivity contribution in [2.45, 2.75) is 19.9 Å². The Bertz CT molecular complexity index is 812. The Morgan fingerprint density at radius 3 is 2.69 bits per heavy atom. The predicted molar refractivity (Wildman–Crippen MR) is 118 cm³/mol. The predicted octanol–water partition coefficient (Wildman–Crippen LogP) is 4.24. The van der Waals surface area contributed by atoms with E-state index in [9.17, 15) is 0 Å². The maximum absolute atomic E-state index is 5.59. The lowest BCUT2D eigenvalue weighted by atomic mass is 10.1. The van der Waals surface area contributed by atoms with Crippen LogP contribution in [0.1, 0.15) is 16.8 Å². The summed E-state index contributed by atoms with van der Waals surface area (Å²) in [6.07, 6.45) is 2.49. The van der Waals surface area contributed by atoms with Crippen molar-refractivity contribution in [3.63, 3.8) is 0 Å². The normalized spacial score (nSPS) is 11.1. The quantitative estimate of drug-likeness (QED) is 0.314. The number of halogens is 1. The molecule has 0 unspecified atom stereocenters. The molecule has 0 saturated heterocycles. The lowest BCUT2D eigenvalue weighted by molar-refractivity contribution is 0.572. The highest BCUT2D eigenvalue weighted by atomic mass is 127. The average molecular weight is 482 g/mol. The van der Waals surface area contributed by atoms with Crippen molar-refractivity contribution in [3.8, 4) is 11.5 Å². The summed E-state index contributed by atoms with van der Waals surface area (Å²) >= 11 is 1.70. The van der Waals surface area contributed by atoms with Crippen LogP contribution >= 0.6 is 35.3 Å². The van der Waals surface area contributed by atoms with E-state index >= 15 is 0 Å². The summed E-state index contributed by atoms with van der Waals surface area (Å²) in [5, 5.41) is 10.8. The number of aromatic nitrogens is 1. The van der Waals surface area contributed by atoms with Crippen molar-refractivity contribution in [2.24, 2.45) is 4.99 Å². The zero-order chi connectivity index (χ0) is 17.5. The van der Waals surface area contributed by atoms with Gasteiger partial charge in [0.2, 0.25) is 5.89 Å². The summed E-state index contributed by atoms with van der Waals surface area (Å²) in [5.41, 5.74) is 4.41. The zero-order valence-electron chi connectivity index (χ0n) is 14.9. The second kappa shape index (κ2) is 10.3. The van der Waals surface area contributed by atoms with Gasteiger partial charge in [-0.15, -0.1) is 24.0 Å².